The van der Waals surface area contributed by atoms with Crippen LogP contribution in [0.1, 0.15) is 18.9 Å². The zero-order valence-electron chi connectivity index (χ0n) is 13.4. The van der Waals surface area contributed by atoms with Crippen LogP contribution in [0.5, 0.6) is 0 Å². The van der Waals surface area contributed by atoms with Gasteiger partial charge in [0.1, 0.15) is 0 Å². The first-order valence-electron chi connectivity index (χ1n) is 8.13. The maximum Gasteiger partial charge on any atom is 0.161 e. The summed E-state index contributed by atoms with van der Waals surface area (Å²) in [6.07, 6.45) is 1.20. The molecule has 0 spiro atoms. The lowest BCUT2D eigenvalue weighted by Crippen LogP contribution is -2.63. The Kier molecular flexibility index (Phi) is 3.71. The third kappa shape index (κ3) is 2.16. The van der Waals surface area contributed by atoms with Crippen LogP contribution in [0.2, 0.25) is 10.4 Å². The predicted molar refractivity (Wildman–Crippen MR) is 106 cm³/mol. The minimum Gasteiger partial charge on any atom is -0.132 e. The van der Waals surface area contributed by atoms with Gasteiger partial charge < -0.3 is 0 Å². The summed E-state index contributed by atoms with van der Waals surface area (Å²) < 4.78 is 2.40. The second-order valence-corrected chi connectivity index (χ2v) is 12.4. The topological polar surface area (TPSA) is 0 Å². The zero-order chi connectivity index (χ0) is 16.0. The highest BCUT2D eigenvalue weighted by Crippen LogP contribution is 2.33. The molecular weight excluding hydrogens is 336 g/mol. The second kappa shape index (κ2) is 5.62. The Morgan fingerprint density at radius 1 is 0.957 bits per heavy atom. The highest BCUT2D eigenvalue weighted by Gasteiger charge is 2.47. The minimum atomic E-state index is -1.92. The summed E-state index contributed by atoms with van der Waals surface area (Å²) in [6.45, 7) is 4.49. The molecular formula is C20H19ClSSi. The van der Waals surface area contributed by atoms with Gasteiger partial charge in [-0.2, -0.15) is 0 Å². The van der Waals surface area contributed by atoms with Gasteiger partial charge in [0.05, 0.1) is 4.34 Å². The highest BCUT2D eigenvalue weighted by atomic mass is 35.5. The van der Waals surface area contributed by atoms with Crippen molar-refractivity contribution in [3.8, 4) is 11.1 Å². The highest BCUT2D eigenvalue weighted by molar-refractivity contribution is 7.35. The third-order valence-corrected chi connectivity index (χ3v) is 12.3. The van der Waals surface area contributed by atoms with E-state index in [1.54, 1.807) is 21.7 Å². The van der Waals surface area contributed by atoms with Crippen molar-refractivity contribution in [2.45, 2.75) is 26.3 Å². The fourth-order valence-electron chi connectivity index (χ4n) is 4.06. The molecule has 3 aromatic rings. The smallest absolute Gasteiger partial charge is 0.132 e. The Labute approximate surface area is 147 Å². The Bertz CT molecular complexity index is 883. The zero-order valence-corrected chi connectivity index (χ0v) is 16.0. The molecule has 0 amide bonds. The first-order chi connectivity index (χ1) is 11.2. The van der Waals surface area contributed by atoms with Gasteiger partial charge in [0, 0.05) is 4.50 Å². The molecule has 0 nitrogen and oxygen atoms in total. The van der Waals surface area contributed by atoms with Crippen molar-refractivity contribution in [3.63, 3.8) is 0 Å². The molecule has 0 unspecified atom stereocenters. The van der Waals surface area contributed by atoms with Gasteiger partial charge >= 0.3 is 0 Å². The molecule has 1 aliphatic rings. The summed E-state index contributed by atoms with van der Waals surface area (Å²) >= 11 is 8.10. The standard InChI is InChI=1S/C20H19ClSSi/c1-3-12-23(20-11-10-19(21)22-20)17-7-5-4-6-15(17)16-13-14(2)8-9-18(16)23/h4-11,13H,3,12H2,1-2H3/t23-/m0/s1. The normalized spacial score (nSPS) is 18.7. The first kappa shape index (κ1) is 15.2. The van der Waals surface area contributed by atoms with Crippen LogP contribution < -0.4 is 14.9 Å². The van der Waals surface area contributed by atoms with E-state index in [0.717, 1.165) is 4.34 Å². The lowest BCUT2D eigenvalue weighted by molar-refractivity contribution is 1.06. The molecule has 3 heteroatoms. The van der Waals surface area contributed by atoms with E-state index in [9.17, 15) is 0 Å². The molecule has 1 atom stereocenters. The number of fused-ring (bicyclic) bond motifs is 3. The first-order valence-corrected chi connectivity index (χ1v) is 11.5. The summed E-state index contributed by atoms with van der Waals surface area (Å²) in [5.74, 6) is 0. The van der Waals surface area contributed by atoms with Gasteiger partial charge in [-0.3, -0.25) is 0 Å². The number of hydrogen-bond acceptors (Lipinski definition) is 1. The molecule has 0 fully saturated rings. The summed E-state index contributed by atoms with van der Waals surface area (Å²) in [6, 6.07) is 21.7. The van der Waals surface area contributed by atoms with Crippen LogP contribution in [0.25, 0.3) is 11.1 Å². The van der Waals surface area contributed by atoms with Crippen LogP contribution >= 0.6 is 22.9 Å². The Morgan fingerprint density at radius 3 is 2.48 bits per heavy atom. The SMILES string of the molecule is CCC[Si@]1(c2ccc(Cl)s2)c2ccccc2-c2cc(C)ccc21. The van der Waals surface area contributed by atoms with Crippen LogP contribution in [-0.2, 0) is 0 Å². The van der Waals surface area contributed by atoms with E-state index in [1.807, 2.05) is 0 Å². The van der Waals surface area contributed by atoms with Gasteiger partial charge in [0.15, 0.2) is 8.07 Å². The molecule has 2 aromatic carbocycles. The molecule has 116 valence electrons. The van der Waals surface area contributed by atoms with Gasteiger partial charge in [-0.05, 0) is 40.5 Å². The van der Waals surface area contributed by atoms with E-state index in [4.69, 9.17) is 11.6 Å². The van der Waals surface area contributed by atoms with Crippen molar-refractivity contribution in [1.82, 2.24) is 0 Å². The maximum atomic E-state index is 6.32. The van der Waals surface area contributed by atoms with Gasteiger partial charge in [0.2, 0.25) is 0 Å². The molecule has 0 bridgehead atoms. The van der Waals surface area contributed by atoms with E-state index >= 15 is 0 Å². The molecule has 0 radical (unpaired) electrons. The molecule has 23 heavy (non-hydrogen) atoms. The monoisotopic (exact) mass is 354 g/mol. The summed E-state index contributed by atoms with van der Waals surface area (Å²) in [4.78, 5) is 0. The Balaban J connectivity index is 2.10. The molecule has 0 aliphatic carbocycles. The molecule has 4 rings (SSSR count). The number of hydrogen-bond donors (Lipinski definition) is 0. The Hall–Kier alpha value is -1.35. The summed E-state index contributed by atoms with van der Waals surface area (Å²) in [5, 5.41) is 3.14. The van der Waals surface area contributed by atoms with Gasteiger partial charge in [-0.1, -0.05) is 79.0 Å². The molecule has 2 heterocycles. The lowest BCUT2D eigenvalue weighted by Gasteiger charge is -2.28. The van der Waals surface area contributed by atoms with E-state index < -0.39 is 8.07 Å². The van der Waals surface area contributed by atoms with E-state index in [1.165, 1.54) is 33.7 Å². The van der Waals surface area contributed by atoms with Crippen molar-refractivity contribution in [1.29, 1.82) is 0 Å². The van der Waals surface area contributed by atoms with E-state index in [-0.39, 0.29) is 0 Å². The number of rotatable bonds is 3. The van der Waals surface area contributed by atoms with Gasteiger partial charge in [0.25, 0.3) is 0 Å². The number of halogens is 1. The van der Waals surface area contributed by atoms with Crippen molar-refractivity contribution >= 4 is 45.9 Å². The molecule has 0 saturated carbocycles. The maximum absolute atomic E-state index is 6.32. The van der Waals surface area contributed by atoms with Crippen LogP contribution in [0.3, 0.4) is 0 Å². The summed E-state index contributed by atoms with van der Waals surface area (Å²) in [7, 11) is -1.92. The molecule has 0 saturated heterocycles. The lowest BCUT2D eigenvalue weighted by atomic mass is 10.0. The largest absolute Gasteiger partial charge is 0.161 e. The van der Waals surface area contributed by atoms with Crippen LogP contribution in [0.4, 0.5) is 0 Å². The van der Waals surface area contributed by atoms with E-state index in [0.29, 0.717) is 0 Å². The average Bonchev–Trinajstić information content (AvgIpc) is 3.10. The van der Waals surface area contributed by atoms with Crippen LogP contribution in [0.15, 0.2) is 54.6 Å². The molecule has 1 aromatic heterocycles. The second-order valence-electron chi connectivity index (χ2n) is 6.35. The third-order valence-electron chi connectivity index (χ3n) is 4.93. The van der Waals surface area contributed by atoms with E-state index in [2.05, 4.69) is 68.4 Å². The predicted octanol–water partition coefficient (Wildman–Crippen LogP) is 4.57. The molecule has 1 aliphatic heterocycles. The quantitative estimate of drug-likeness (QED) is 0.604. The van der Waals surface area contributed by atoms with Gasteiger partial charge in [-0.15, -0.1) is 11.3 Å². The number of aryl methyl sites for hydroxylation is 1. The van der Waals surface area contributed by atoms with Crippen LogP contribution in [-0.4, -0.2) is 8.07 Å². The number of thiophene rings is 1. The van der Waals surface area contributed by atoms with Crippen molar-refractivity contribution in [3.05, 3.63) is 64.5 Å². The number of benzene rings is 2. The Morgan fingerprint density at radius 2 is 1.74 bits per heavy atom. The fourth-order valence-corrected chi connectivity index (χ4v) is 11.9. The van der Waals surface area contributed by atoms with Crippen molar-refractivity contribution in [2.75, 3.05) is 0 Å². The van der Waals surface area contributed by atoms with Crippen molar-refractivity contribution in [2.24, 2.45) is 0 Å². The molecule has 0 N–H and O–H groups in total. The van der Waals surface area contributed by atoms with Gasteiger partial charge in [-0.25, -0.2) is 0 Å². The van der Waals surface area contributed by atoms with Crippen LogP contribution in [0, 0.1) is 6.92 Å². The summed E-state index contributed by atoms with van der Waals surface area (Å²) in [5.41, 5.74) is 4.23. The minimum absolute atomic E-state index is 0.904. The van der Waals surface area contributed by atoms with Crippen molar-refractivity contribution < 1.29 is 0 Å². The fraction of sp³-hybridized carbons (Fsp3) is 0.200. The average molecular weight is 355 g/mol.